The van der Waals surface area contributed by atoms with E-state index in [2.05, 4.69) is 31.2 Å². The van der Waals surface area contributed by atoms with E-state index in [1.165, 1.54) is 23.9 Å². The van der Waals surface area contributed by atoms with Gasteiger partial charge < -0.3 is 0 Å². The van der Waals surface area contributed by atoms with Gasteiger partial charge in [-0.1, -0.05) is 52.0 Å². The van der Waals surface area contributed by atoms with Crippen LogP contribution in [-0.2, 0) is 0 Å². The molecule has 7 nitrogen and oxygen atoms in total. The number of nitro groups is 1. The molecule has 9 heteroatoms. The van der Waals surface area contributed by atoms with E-state index in [-0.39, 0.29) is 5.69 Å². The van der Waals surface area contributed by atoms with Crippen LogP contribution in [0.5, 0.6) is 0 Å². The molecule has 1 aliphatic heterocycles. The number of halogens is 1. The Morgan fingerprint density at radius 1 is 1.16 bits per heavy atom. The van der Waals surface area contributed by atoms with Crippen LogP contribution in [0.1, 0.15) is 5.56 Å². The number of nitrogens with zero attached hydrogens (tertiary/aromatic N) is 5. The molecular formula is C16H10BrN5O2S. The van der Waals surface area contributed by atoms with E-state index in [4.69, 9.17) is 0 Å². The number of fused-ring (bicyclic) bond motifs is 1. The quantitative estimate of drug-likeness (QED) is 0.476. The van der Waals surface area contributed by atoms with E-state index in [9.17, 15) is 10.1 Å². The zero-order valence-electron chi connectivity index (χ0n) is 12.7. The Morgan fingerprint density at radius 2 is 2.00 bits per heavy atom. The van der Waals surface area contributed by atoms with Gasteiger partial charge in [0.2, 0.25) is 5.16 Å². The molecule has 0 saturated carbocycles. The minimum Gasteiger partial charge on any atom is -0.258 e. The Kier molecular flexibility index (Phi) is 4.10. The topological polar surface area (TPSA) is 86.2 Å². The van der Waals surface area contributed by atoms with Crippen LogP contribution < -0.4 is 0 Å². The number of rotatable bonds is 3. The molecule has 0 radical (unpaired) electrons. The van der Waals surface area contributed by atoms with Crippen molar-refractivity contribution in [2.75, 3.05) is 5.75 Å². The first-order valence-corrected chi connectivity index (χ1v) is 9.07. The molecule has 1 aliphatic rings. The molecule has 0 N–H and O–H groups in total. The van der Waals surface area contributed by atoms with Crippen LogP contribution in [0.2, 0.25) is 0 Å². The van der Waals surface area contributed by atoms with Gasteiger partial charge >= 0.3 is 0 Å². The van der Waals surface area contributed by atoms with Crippen molar-refractivity contribution < 1.29 is 4.92 Å². The van der Waals surface area contributed by atoms with Crippen LogP contribution in [0.25, 0.3) is 11.4 Å². The lowest BCUT2D eigenvalue weighted by molar-refractivity contribution is -0.384. The minimum absolute atomic E-state index is 0.0470. The predicted octanol–water partition coefficient (Wildman–Crippen LogP) is 3.97. The summed E-state index contributed by atoms with van der Waals surface area (Å²) in [6.45, 7) is 0. The second-order valence-corrected chi connectivity index (χ2v) is 7.04. The third-order valence-corrected chi connectivity index (χ3v) is 5.30. The maximum Gasteiger partial charge on any atom is 0.270 e. The first-order valence-electron chi connectivity index (χ1n) is 7.29. The highest BCUT2D eigenvalue weighted by atomic mass is 79.9. The minimum atomic E-state index is -0.406. The fraction of sp³-hybridized carbons (Fsp3) is 0.0625. The van der Waals surface area contributed by atoms with E-state index in [1.807, 2.05) is 30.3 Å². The molecular weight excluding hydrogens is 406 g/mol. The van der Waals surface area contributed by atoms with Gasteiger partial charge in [-0.25, -0.2) is 0 Å². The molecule has 0 unspecified atom stereocenters. The molecule has 0 spiro atoms. The van der Waals surface area contributed by atoms with Gasteiger partial charge in [0.25, 0.3) is 5.69 Å². The maximum absolute atomic E-state index is 11.0. The highest BCUT2D eigenvalue weighted by Crippen LogP contribution is 2.32. The smallest absolute Gasteiger partial charge is 0.258 e. The van der Waals surface area contributed by atoms with Gasteiger partial charge in [0.15, 0.2) is 5.82 Å². The zero-order valence-corrected chi connectivity index (χ0v) is 15.1. The van der Waals surface area contributed by atoms with Crippen molar-refractivity contribution in [1.82, 2.24) is 14.9 Å². The lowest BCUT2D eigenvalue weighted by Crippen LogP contribution is -2.14. The highest BCUT2D eigenvalue weighted by molar-refractivity contribution is 9.10. The monoisotopic (exact) mass is 415 g/mol. The summed E-state index contributed by atoms with van der Waals surface area (Å²) < 4.78 is 2.58. The summed E-state index contributed by atoms with van der Waals surface area (Å²) in [5, 5.41) is 24.8. The second-order valence-electron chi connectivity index (χ2n) is 5.24. The van der Waals surface area contributed by atoms with Crippen molar-refractivity contribution in [1.29, 1.82) is 0 Å². The fourth-order valence-electron chi connectivity index (χ4n) is 2.48. The summed E-state index contributed by atoms with van der Waals surface area (Å²) in [7, 11) is 0. The van der Waals surface area contributed by atoms with E-state index in [1.54, 1.807) is 10.7 Å². The normalized spacial score (nSPS) is 13.2. The Labute approximate surface area is 155 Å². The molecule has 2 heterocycles. The standard InChI is InChI=1S/C16H10BrN5O2S/c17-13-7-2-1-6-12(13)15-18-19-16-21(15)20-14(9-25-16)10-4-3-5-11(8-10)22(23)24/h1-8H,9H2. The third-order valence-electron chi connectivity index (χ3n) is 3.68. The molecule has 2 aromatic carbocycles. The molecule has 25 heavy (non-hydrogen) atoms. The van der Waals surface area contributed by atoms with Crippen molar-refractivity contribution >= 4 is 39.1 Å². The Morgan fingerprint density at radius 3 is 2.80 bits per heavy atom. The first kappa shape index (κ1) is 16.0. The Hall–Kier alpha value is -2.52. The second kappa shape index (κ2) is 6.41. The molecule has 0 fully saturated rings. The molecule has 3 aromatic rings. The van der Waals surface area contributed by atoms with Gasteiger partial charge in [-0.3, -0.25) is 10.1 Å². The summed E-state index contributed by atoms with van der Waals surface area (Å²) in [6.07, 6.45) is 0. The van der Waals surface area contributed by atoms with Crippen LogP contribution in [0.3, 0.4) is 0 Å². The Balaban J connectivity index is 1.80. The van der Waals surface area contributed by atoms with Gasteiger partial charge in [-0.2, -0.15) is 9.78 Å². The average molecular weight is 416 g/mol. The van der Waals surface area contributed by atoms with Crippen LogP contribution in [0.4, 0.5) is 5.69 Å². The molecule has 0 aliphatic carbocycles. The SMILES string of the molecule is O=[N+]([O-])c1cccc(C2=Nn3c(nnc3-c3ccccc3Br)SC2)c1. The van der Waals surface area contributed by atoms with Crippen LogP contribution in [0.15, 0.2) is 63.3 Å². The number of benzene rings is 2. The van der Waals surface area contributed by atoms with Gasteiger partial charge in [0.1, 0.15) is 0 Å². The van der Waals surface area contributed by atoms with E-state index in [0.717, 1.165) is 21.3 Å². The molecule has 124 valence electrons. The van der Waals surface area contributed by atoms with Gasteiger partial charge in [0.05, 0.1) is 10.6 Å². The summed E-state index contributed by atoms with van der Waals surface area (Å²) in [5.41, 5.74) is 2.39. The number of aromatic nitrogens is 3. The van der Waals surface area contributed by atoms with Crippen LogP contribution in [0, 0.1) is 10.1 Å². The average Bonchev–Trinajstić information content (AvgIpc) is 3.05. The maximum atomic E-state index is 11.0. The van der Waals surface area contributed by atoms with Crippen molar-refractivity contribution in [3.8, 4) is 11.4 Å². The van der Waals surface area contributed by atoms with Crippen molar-refractivity contribution in [3.05, 3.63) is 68.7 Å². The largest absolute Gasteiger partial charge is 0.270 e. The van der Waals surface area contributed by atoms with Crippen molar-refractivity contribution in [2.45, 2.75) is 5.16 Å². The van der Waals surface area contributed by atoms with Crippen LogP contribution >= 0.6 is 27.7 Å². The number of nitro benzene ring substituents is 1. The van der Waals surface area contributed by atoms with E-state index >= 15 is 0 Å². The first-order chi connectivity index (χ1) is 12.1. The van der Waals surface area contributed by atoms with Gasteiger partial charge in [-0.05, 0) is 12.1 Å². The molecule has 0 saturated heterocycles. The summed E-state index contributed by atoms with van der Waals surface area (Å²) in [6, 6.07) is 14.2. The summed E-state index contributed by atoms with van der Waals surface area (Å²) in [4.78, 5) is 10.6. The molecule has 4 rings (SSSR count). The lowest BCUT2D eigenvalue weighted by atomic mass is 10.1. The highest BCUT2D eigenvalue weighted by Gasteiger charge is 2.22. The number of hydrogen-bond acceptors (Lipinski definition) is 6. The number of hydrogen-bond donors (Lipinski definition) is 0. The molecule has 1 aromatic heterocycles. The zero-order chi connectivity index (χ0) is 17.4. The van der Waals surface area contributed by atoms with E-state index in [0.29, 0.717) is 16.7 Å². The van der Waals surface area contributed by atoms with E-state index < -0.39 is 4.92 Å². The van der Waals surface area contributed by atoms with Gasteiger partial charge in [-0.15, -0.1) is 10.2 Å². The van der Waals surface area contributed by atoms with Crippen molar-refractivity contribution in [3.63, 3.8) is 0 Å². The molecule has 0 amide bonds. The molecule has 0 bridgehead atoms. The number of non-ortho nitro benzene ring substituents is 1. The van der Waals surface area contributed by atoms with Crippen LogP contribution in [-0.4, -0.2) is 31.3 Å². The van der Waals surface area contributed by atoms with Crippen molar-refractivity contribution in [2.24, 2.45) is 5.10 Å². The number of thioether (sulfide) groups is 1. The predicted molar refractivity (Wildman–Crippen MR) is 98.9 cm³/mol. The summed E-state index contributed by atoms with van der Waals surface area (Å²) in [5.74, 6) is 1.20. The third kappa shape index (κ3) is 2.96. The fourth-order valence-corrected chi connectivity index (χ4v) is 3.78. The van der Waals surface area contributed by atoms with Gasteiger partial charge in [0, 0.05) is 33.5 Å². The summed E-state index contributed by atoms with van der Waals surface area (Å²) >= 11 is 5.02. The lowest BCUT2D eigenvalue weighted by Gasteiger charge is -2.14. The Bertz CT molecular complexity index is 1020. The molecule has 0 atom stereocenters.